The van der Waals surface area contributed by atoms with Gasteiger partial charge < -0.3 is 0 Å². The molecule has 0 saturated heterocycles. The fourth-order valence-electron chi connectivity index (χ4n) is 7.62. The maximum Gasteiger partial charge on any atom is 0.160 e. The molecular weight excluding hydrogens is 629 g/mol. The SMILES string of the molecule is c1ccc(-c2ccc(-c3nc(-c4cccc(-c5ccc6ccccc6c5)c4)cc(-c4c5ccccc5cc5c4ccc4ccccc45)n3)cc2)cc1. The molecule has 0 saturated carbocycles. The zero-order valence-corrected chi connectivity index (χ0v) is 28.4. The van der Waals surface area contributed by atoms with Crippen LogP contribution in [-0.4, -0.2) is 9.97 Å². The first-order valence-corrected chi connectivity index (χ1v) is 17.7. The highest BCUT2D eigenvalue weighted by molar-refractivity contribution is 6.19. The van der Waals surface area contributed by atoms with Crippen LogP contribution in [0.4, 0.5) is 0 Å². The van der Waals surface area contributed by atoms with E-state index in [9.17, 15) is 0 Å². The minimum absolute atomic E-state index is 0.699. The van der Waals surface area contributed by atoms with Crippen LogP contribution in [0, 0.1) is 0 Å². The second-order valence-electron chi connectivity index (χ2n) is 13.4. The van der Waals surface area contributed by atoms with Gasteiger partial charge in [-0.1, -0.05) is 170 Å². The molecule has 0 unspecified atom stereocenters. The van der Waals surface area contributed by atoms with E-state index in [0.29, 0.717) is 5.82 Å². The summed E-state index contributed by atoms with van der Waals surface area (Å²) in [4.78, 5) is 10.7. The van der Waals surface area contributed by atoms with E-state index < -0.39 is 0 Å². The van der Waals surface area contributed by atoms with Crippen LogP contribution < -0.4 is 0 Å². The summed E-state index contributed by atoms with van der Waals surface area (Å²) in [5, 5.41) is 9.69. The van der Waals surface area contributed by atoms with Gasteiger partial charge in [0.05, 0.1) is 11.4 Å². The van der Waals surface area contributed by atoms with Gasteiger partial charge in [0.25, 0.3) is 0 Å². The van der Waals surface area contributed by atoms with E-state index >= 15 is 0 Å². The van der Waals surface area contributed by atoms with Crippen molar-refractivity contribution in [1.82, 2.24) is 9.97 Å². The summed E-state index contributed by atoms with van der Waals surface area (Å²) < 4.78 is 0. The summed E-state index contributed by atoms with van der Waals surface area (Å²) >= 11 is 0. The van der Waals surface area contributed by atoms with Crippen molar-refractivity contribution >= 4 is 43.1 Å². The number of hydrogen-bond acceptors (Lipinski definition) is 2. The van der Waals surface area contributed by atoms with E-state index in [-0.39, 0.29) is 0 Å². The highest BCUT2D eigenvalue weighted by atomic mass is 14.9. The van der Waals surface area contributed by atoms with Crippen molar-refractivity contribution in [3.05, 3.63) is 194 Å². The molecule has 2 nitrogen and oxygen atoms in total. The van der Waals surface area contributed by atoms with Crippen LogP contribution >= 0.6 is 0 Å². The van der Waals surface area contributed by atoms with Gasteiger partial charge in [0.1, 0.15) is 0 Å². The zero-order chi connectivity index (χ0) is 34.4. The molecule has 0 atom stereocenters. The topological polar surface area (TPSA) is 25.8 Å². The van der Waals surface area contributed by atoms with E-state index in [1.807, 2.05) is 6.07 Å². The molecule has 0 bridgehead atoms. The van der Waals surface area contributed by atoms with Gasteiger partial charge in [-0.3, -0.25) is 0 Å². The molecule has 0 amide bonds. The molecule has 1 aromatic heterocycles. The third kappa shape index (κ3) is 5.30. The maximum atomic E-state index is 5.39. The second-order valence-corrected chi connectivity index (χ2v) is 13.4. The van der Waals surface area contributed by atoms with Crippen molar-refractivity contribution in [2.45, 2.75) is 0 Å². The Labute approximate surface area is 302 Å². The Balaban J connectivity index is 1.20. The fourth-order valence-corrected chi connectivity index (χ4v) is 7.62. The van der Waals surface area contributed by atoms with E-state index in [2.05, 4.69) is 188 Å². The van der Waals surface area contributed by atoms with E-state index in [0.717, 1.165) is 39.2 Å². The van der Waals surface area contributed by atoms with Crippen LogP contribution in [0.3, 0.4) is 0 Å². The average Bonchev–Trinajstić information content (AvgIpc) is 3.23. The number of rotatable bonds is 5. The van der Waals surface area contributed by atoms with Gasteiger partial charge in [-0.2, -0.15) is 0 Å². The van der Waals surface area contributed by atoms with Crippen molar-refractivity contribution in [3.63, 3.8) is 0 Å². The summed E-state index contributed by atoms with van der Waals surface area (Å²) in [5.74, 6) is 0.699. The molecule has 2 heteroatoms. The normalized spacial score (nSPS) is 11.5. The molecule has 9 aromatic carbocycles. The molecule has 242 valence electrons. The molecule has 1 heterocycles. The molecule has 0 spiro atoms. The van der Waals surface area contributed by atoms with Crippen molar-refractivity contribution in [2.75, 3.05) is 0 Å². The van der Waals surface area contributed by atoms with Gasteiger partial charge in [-0.05, 0) is 89.6 Å². The lowest BCUT2D eigenvalue weighted by Gasteiger charge is -2.16. The highest BCUT2D eigenvalue weighted by Gasteiger charge is 2.17. The van der Waals surface area contributed by atoms with Gasteiger partial charge in [0, 0.05) is 16.7 Å². The molecule has 52 heavy (non-hydrogen) atoms. The van der Waals surface area contributed by atoms with E-state index in [4.69, 9.17) is 9.97 Å². The number of nitrogens with zero attached hydrogens (tertiary/aromatic N) is 2. The Morgan fingerprint density at radius 3 is 1.67 bits per heavy atom. The number of aromatic nitrogens is 2. The summed E-state index contributed by atoms with van der Waals surface area (Å²) in [5.41, 5.74) is 9.61. The Kier molecular flexibility index (Phi) is 7.18. The van der Waals surface area contributed by atoms with Crippen LogP contribution in [0.1, 0.15) is 0 Å². The van der Waals surface area contributed by atoms with Crippen molar-refractivity contribution in [1.29, 1.82) is 0 Å². The van der Waals surface area contributed by atoms with Gasteiger partial charge in [0.2, 0.25) is 0 Å². The van der Waals surface area contributed by atoms with E-state index in [1.54, 1.807) is 0 Å². The second kappa shape index (κ2) is 12.5. The Morgan fingerprint density at radius 1 is 0.250 bits per heavy atom. The zero-order valence-electron chi connectivity index (χ0n) is 28.4. The molecule has 10 rings (SSSR count). The first-order chi connectivity index (χ1) is 25.7. The molecular formula is C50H32N2. The van der Waals surface area contributed by atoms with Crippen molar-refractivity contribution in [3.8, 4) is 56.2 Å². The van der Waals surface area contributed by atoms with Gasteiger partial charge in [-0.25, -0.2) is 9.97 Å². The monoisotopic (exact) mass is 660 g/mol. The number of hydrogen-bond donors (Lipinski definition) is 0. The van der Waals surface area contributed by atoms with Gasteiger partial charge in [0.15, 0.2) is 5.82 Å². The summed E-state index contributed by atoms with van der Waals surface area (Å²) in [6.07, 6.45) is 0. The Bertz CT molecular complexity index is 2940. The van der Waals surface area contributed by atoms with Gasteiger partial charge >= 0.3 is 0 Å². The molecule has 0 aliphatic heterocycles. The average molecular weight is 661 g/mol. The largest absolute Gasteiger partial charge is 0.228 e. The fraction of sp³-hybridized carbons (Fsp3) is 0. The lowest BCUT2D eigenvalue weighted by atomic mass is 9.91. The van der Waals surface area contributed by atoms with Crippen molar-refractivity contribution < 1.29 is 0 Å². The summed E-state index contributed by atoms with van der Waals surface area (Å²) in [6, 6.07) is 69.3. The molecule has 10 aromatic rings. The van der Waals surface area contributed by atoms with E-state index in [1.165, 1.54) is 54.2 Å². The molecule has 0 radical (unpaired) electrons. The van der Waals surface area contributed by atoms with Crippen LogP contribution in [0.25, 0.3) is 99.2 Å². The maximum absolute atomic E-state index is 5.39. The minimum Gasteiger partial charge on any atom is -0.228 e. The third-order valence-electron chi connectivity index (χ3n) is 10.2. The van der Waals surface area contributed by atoms with Crippen LogP contribution in [0.15, 0.2) is 194 Å². The standard InChI is InChI=1S/C50H32N2/c1-2-11-33(12-3-1)35-21-24-37(25-22-35)50-51-47(42-18-10-17-39(30-42)40-26-23-34-13-4-5-15-38(34)29-40)32-48(52-50)49-44-20-9-7-16-41(44)31-46-43-19-8-6-14-36(43)27-28-45(46)49/h1-32H. The third-order valence-corrected chi connectivity index (χ3v) is 10.2. The number of fused-ring (bicyclic) bond motifs is 5. The molecule has 0 aliphatic carbocycles. The summed E-state index contributed by atoms with van der Waals surface area (Å²) in [7, 11) is 0. The molecule has 0 N–H and O–H groups in total. The van der Waals surface area contributed by atoms with Crippen molar-refractivity contribution in [2.24, 2.45) is 0 Å². The lowest BCUT2D eigenvalue weighted by Crippen LogP contribution is -1.97. The highest BCUT2D eigenvalue weighted by Crippen LogP contribution is 2.40. The predicted molar refractivity (Wildman–Crippen MR) is 219 cm³/mol. The first-order valence-electron chi connectivity index (χ1n) is 17.7. The van der Waals surface area contributed by atoms with Crippen LogP contribution in [0.5, 0.6) is 0 Å². The van der Waals surface area contributed by atoms with Crippen LogP contribution in [0.2, 0.25) is 0 Å². The minimum atomic E-state index is 0.699. The quantitative estimate of drug-likeness (QED) is 0.136. The molecule has 0 fully saturated rings. The number of benzene rings is 9. The van der Waals surface area contributed by atoms with Crippen LogP contribution in [-0.2, 0) is 0 Å². The Hall–Kier alpha value is -6.90. The van der Waals surface area contributed by atoms with Gasteiger partial charge in [-0.15, -0.1) is 0 Å². The first kappa shape index (κ1) is 30.0. The Morgan fingerprint density at radius 2 is 0.827 bits per heavy atom. The lowest BCUT2D eigenvalue weighted by molar-refractivity contribution is 1.19. The molecule has 0 aliphatic rings. The smallest absolute Gasteiger partial charge is 0.160 e. The summed E-state index contributed by atoms with van der Waals surface area (Å²) in [6.45, 7) is 0. The predicted octanol–water partition coefficient (Wildman–Crippen LogP) is 13.4.